The molecule has 0 saturated carbocycles. The van der Waals surface area contributed by atoms with Crippen molar-refractivity contribution in [3.05, 3.63) is 29.8 Å². The Morgan fingerprint density at radius 2 is 2.14 bits per heavy atom. The van der Waals surface area contributed by atoms with Crippen LogP contribution in [0.15, 0.2) is 29.2 Å². The van der Waals surface area contributed by atoms with Gasteiger partial charge in [-0.25, -0.2) is 0 Å². The van der Waals surface area contributed by atoms with E-state index in [9.17, 15) is 4.79 Å². The average molecular weight is 210 g/mol. The molecule has 0 aliphatic carbocycles. The first kappa shape index (κ1) is 11.1. The molecule has 2 nitrogen and oxygen atoms in total. The van der Waals surface area contributed by atoms with Crippen LogP contribution < -0.4 is 0 Å². The smallest absolute Gasteiger partial charge is 0.305 e. The molecular formula is C11H14O2S. The summed E-state index contributed by atoms with van der Waals surface area (Å²) in [5.41, 5.74) is 1.47. The highest BCUT2D eigenvalue weighted by atomic mass is 32.2. The fraction of sp³-hybridized carbons (Fsp3) is 0.364. The van der Waals surface area contributed by atoms with Gasteiger partial charge in [0.1, 0.15) is 0 Å². The minimum Gasteiger partial charge on any atom is -0.481 e. The van der Waals surface area contributed by atoms with Crippen molar-refractivity contribution >= 4 is 17.7 Å². The maximum Gasteiger partial charge on any atom is 0.305 e. The predicted octanol–water partition coefficient (Wildman–Crippen LogP) is 3.02. The average Bonchev–Trinajstić information content (AvgIpc) is 2.46. The molecule has 0 radical (unpaired) electrons. The highest BCUT2D eigenvalue weighted by Crippen LogP contribution is 2.30. The third kappa shape index (κ3) is 3.42. The van der Waals surface area contributed by atoms with E-state index >= 15 is 0 Å². The predicted molar refractivity (Wildman–Crippen MR) is 58.5 cm³/mol. The lowest BCUT2D eigenvalue weighted by Crippen LogP contribution is -2.03. The molecule has 1 aliphatic rings. The number of aliphatic carboxylic acids is 1. The maximum atomic E-state index is 9.70. The maximum absolute atomic E-state index is 9.70. The van der Waals surface area contributed by atoms with Crippen molar-refractivity contribution in [3.63, 3.8) is 0 Å². The summed E-state index contributed by atoms with van der Waals surface area (Å²) >= 11 is 1.92. The lowest BCUT2D eigenvalue weighted by molar-refractivity contribution is -0.140. The topological polar surface area (TPSA) is 37.3 Å². The number of thioether (sulfide) groups is 1. The van der Waals surface area contributed by atoms with Gasteiger partial charge in [-0.1, -0.05) is 26.0 Å². The van der Waals surface area contributed by atoms with Gasteiger partial charge in [-0.15, -0.1) is 11.8 Å². The summed E-state index contributed by atoms with van der Waals surface area (Å²) in [6, 6.07) is 8.68. The number of carbonyl (C=O) groups is 1. The molecule has 1 heterocycles. The summed E-state index contributed by atoms with van der Waals surface area (Å²) < 4.78 is 0. The van der Waals surface area contributed by atoms with Crippen molar-refractivity contribution < 1.29 is 9.90 Å². The Balaban J connectivity index is 0.000000149. The van der Waals surface area contributed by atoms with Crippen molar-refractivity contribution in [2.75, 3.05) is 0 Å². The fourth-order valence-corrected chi connectivity index (χ4v) is 1.81. The number of carboxylic acid groups (broad SMARTS) is 1. The van der Waals surface area contributed by atoms with Crippen LogP contribution in [-0.2, 0) is 10.5 Å². The Kier molecular flexibility index (Phi) is 4.01. The Morgan fingerprint density at radius 1 is 1.50 bits per heavy atom. The number of hydrogen-bond acceptors (Lipinski definition) is 2. The third-order valence-corrected chi connectivity index (χ3v) is 2.86. The van der Waals surface area contributed by atoms with E-state index < -0.39 is 5.97 Å². The molecule has 0 aromatic heterocycles. The van der Waals surface area contributed by atoms with E-state index in [4.69, 9.17) is 5.11 Å². The molecule has 1 aromatic rings. The first-order valence-electron chi connectivity index (χ1n) is 4.54. The lowest BCUT2D eigenvalue weighted by Gasteiger charge is -1.89. The monoisotopic (exact) mass is 210 g/mol. The molecule has 14 heavy (non-hydrogen) atoms. The normalized spacial score (nSPS) is 12.2. The molecule has 2 rings (SSSR count). The minimum atomic E-state index is -0.741. The van der Waals surface area contributed by atoms with Crippen LogP contribution in [-0.4, -0.2) is 11.1 Å². The third-order valence-electron chi connectivity index (χ3n) is 1.80. The molecule has 1 aromatic carbocycles. The van der Waals surface area contributed by atoms with Crippen LogP contribution in [0.25, 0.3) is 0 Å². The van der Waals surface area contributed by atoms with Crippen molar-refractivity contribution in [3.8, 4) is 0 Å². The van der Waals surface area contributed by atoms with E-state index in [2.05, 4.69) is 24.3 Å². The summed E-state index contributed by atoms with van der Waals surface area (Å²) in [6.07, 6.45) is 0. The summed E-state index contributed by atoms with van der Waals surface area (Å²) in [5.74, 6) is 0.211. The zero-order valence-corrected chi connectivity index (χ0v) is 9.17. The number of fused-ring (bicyclic) bond motifs is 2. The Morgan fingerprint density at radius 3 is 2.57 bits per heavy atom. The van der Waals surface area contributed by atoms with Gasteiger partial charge in [0.15, 0.2) is 0 Å². The van der Waals surface area contributed by atoms with Crippen LogP contribution in [0, 0.1) is 5.92 Å². The van der Waals surface area contributed by atoms with Crippen LogP contribution in [0.2, 0.25) is 0 Å². The molecule has 2 bridgehead atoms. The number of benzene rings is 1. The van der Waals surface area contributed by atoms with E-state index in [1.165, 1.54) is 16.2 Å². The molecule has 0 fully saturated rings. The van der Waals surface area contributed by atoms with Gasteiger partial charge < -0.3 is 5.11 Å². The van der Waals surface area contributed by atoms with Gasteiger partial charge in [0.05, 0.1) is 5.92 Å². The molecule has 0 saturated heterocycles. The minimum absolute atomic E-state index is 0.231. The second kappa shape index (κ2) is 5.05. The van der Waals surface area contributed by atoms with Crippen LogP contribution >= 0.6 is 11.8 Å². The molecule has 76 valence electrons. The fourth-order valence-electron chi connectivity index (χ4n) is 0.892. The summed E-state index contributed by atoms with van der Waals surface area (Å²) in [7, 11) is 0. The van der Waals surface area contributed by atoms with Gasteiger partial charge in [0.2, 0.25) is 0 Å². The zero-order chi connectivity index (χ0) is 10.6. The van der Waals surface area contributed by atoms with Gasteiger partial charge in [-0.2, -0.15) is 0 Å². The van der Waals surface area contributed by atoms with E-state index in [0.717, 1.165) is 0 Å². The van der Waals surface area contributed by atoms with E-state index in [0.29, 0.717) is 0 Å². The van der Waals surface area contributed by atoms with Crippen molar-refractivity contribution in [2.45, 2.75) is 24.5 Å². The van der Waals surface area contributed by atoms with Gasteiger partial charge in [0, 0.05) is 10.6 Å². The standard InChI is InChI=1S/C7H6S.C4H8O2/c1-2-6-4-7(3-1)8-5-6;1-3(2)4(5)6/h1-4H,5H2;3H,1-2H3,(H,5,6). The molecule has 0 unspecified atom stereocenters. The summed E-state index contributed by atoms with van der Waals surface area (Å²) in [6.45, 7) is 3.28. The SMILES string of the molecule is CC(C)C(=O)O.c1cc2cc(c1)SC2. The van der Waals surface area contributed by atoms with Crippen LogP contribution in [0.4, 0.5) is 0 Å². The quantitative estimate of drug-likeness (QED) is 0.774. The molecule has 1 N–H and O–H groups in total. The van der Waals surface area contributed by atoms with Gasteiger partial charge in [-0.05, 0) is 17.7 Å². The van der Waals surface area contributed by atoms with Crippen molar-refractivity contribution in [1.29, 1.82) is 0 Å². The second-order valence-corrected chi connectivity index (χ2v) is 4.48. The molecule has 3 heteroatoms. The van der Waals surface area contributed by atoms with E-state index in [1.54, 1.807) is 13.8 Å². The van der Waals surface area contributed by atoms with Crippen molar-refractivity contribution in [2.24, 2.45) is 5.92 Å². The summed E-state index contributed by atoms with van der Waals surface area (Å²) in [5, 5.41) is 7.99. The Bertz CT molecular complexity index is 302. The highest BCUT2D eigenvalue weighted by Gasteiger charge is 2.03. The molecule has 1 aliphatic heterocycles. The highest BCUT2D eigenvalue weighted by molar-refractivity contribution is 7.98. The number of rotatable bonds is 1. The van der Waals surface area contributed by atoms with Gasteiger partial charge in [-0.3, -0.25) is 4.79 Å². The van der Waals surface area contributed by atoms with Crippen LogP contribution in [0.5, 0.6) is 0 Å². The van der Waals surface area contributed by atoms with E-state index in [-0.39, 0.29) is 5.92 Å². The van der Waals surface area contributed by atoms with Crippen LogP contribution in [0.1, 0.15) is 19.4 Å². The molecule has 0 amide bonds. The van der Waals surface area contributed by atoms with Crippen molar-refractivity contribution in [1.82, 2.24) is 0 Å². The zero-order valence-electron chi connectivity index (χ0n) is 8.36. The lowest BCUT2D eigenvalue weighted by atomic mass is 10.2. The van der Waals surface area contributed by atoms with Gasteiger partial charge >= 0.3 is 5.97 Å². The number of hydrogen-bond donors (Lipinski definition) is 1. The van der Waals surface area contributed by atoms with Gasteiger partial charge in [0.25, 0.3) is 0 Å². The second-order valence-electron chi connectivity index (χ2n) is 3.43. The first-order valence-corrected chi connectivity index (χ1v) is 5.52. The summed E-state index contributed by atoms with van der Waals surface area (Å²) in [4.78, 5) is 11.1. The Hall–Kier alpha value is -0.960. The molecular weight excluding hydrogens is 196 g/mol. The molecule has 0 spiro atoms. The Labute approximate surface area is 88.3 Å². The van der Waals surface area contributed by atoms with Crippen LogP contribution in [0.3, 0.4) is 0 Å². The first-order chi connectivity index (χ1) is 6.59. The molecule has 0 atom stereocenters. The number of carboxylic acids is 1. The van der Waals surface area contributed by atoms with E-state index in [1.807, 2.05) is 11.8 Å². The largest absolute Gasteiger partial charge is 0.481 e.